The first kappa shape index (κ1) is 31.5. The molecule has 4 N–H and O–H groups in total. The zero-order valence-corrected chi connectivity index (χ0v) is 23.9. The van der Waals surface area contributed by atoms with E-state index in [4.69, 9.17) is 10.5 Å². The Balaban J connectivity index is 1.80. The Bertz CT molecular complexity index is 1010. The van der Waals surface area contributed by atoms with E-state index < -0.39 is 45.8 Å². The van der Waals surface area contributed by atoms with Crippen LogP contribution in [0.5, 0.6) is 0 Å². The average Bonchev–Trinajstić information content (AvgIpc) is 3.39. The highest BCUT2D eigenvalue weighted by Gasteiger charge is 2.42. The molecule has 1 saturated heterocycles. The molecule has 4 amide bonds. The zero-order chi connectivity index (χ0) is 28.7. The minimum Gasteiger partial charge on any atom is -0.444 e. The molecule has 2 aliphatic rings. The summed E-state index contributed by atoms with van der Waals surface area (Å²) in [6.07, 6.45) is 8.55. The molecule has 216 valence electrons. The lowest BCUT2D eigenvalue weighted by Crippen LogP contribution is -2.53. The van der Waals surface area contributed by atoms with Crippen LogP contribution in [0.1, 0.15) is 72.1 Å². The minimum atomic E-state index is -3.78. The van der Waals surface area contributed by atoms with Crippen molar-refractivity contribution in [1.29, 1.82) is 0 Å². The van der Waals surface area contributed by atoms with Crippen molar-refractivity contribution in [2.45, 2.75) is 89.8 Å². The Hall–Kier alpha value is -2.67. The van der Waals surface area contributed by atoms with Gasteiger partial charge in [-0.15, -0.1) is 0 Å². The number of carbonyl (C=O) groups is 4. The van der Waals surface area contributed by atoms with Crippen molar-refractivity contribution >= 4 is 34.0 Å². The van der Waals surface area contributed by atoms with Crippen molar-refractivity contribution in [2.24, 2.45) is 17.6 Å². The number of rotatable bonds is 13. The molecule has 4 unspecified atom stereocenters. The molecule has 0 bridgehead atoms. The van der Waals surface area contributed by atoms with Gasteiger partial charge in [0.1, 0.15) is 17.7 Å². The maximum Gasteiger partial charge on any atom is 0.408 e. The first-order valence-corrected chi connectivity index (χ1v) is 14.6. The van der Waals surface area contributed by atoms with E-state index >= 15 is 0 Å². The third-order valence-electron chi connectivity index (χ3n) is 6.49. The van der Waals surface area contributed by atoms with Crippen molar-refractivity contribution < 1.29 is 32.3 Å². The smallest absolute Gasteiger partial charge is 0.408 e. The lowest BCUT2D eigenvalue weighted by atomic mass is 10.0. The van der Waals surface area contributed by atoms with E-state index in [1.165, 1.54) is 19.0 Å². The molecule has 2 fully saturated rings. The van der Waals surface area contributed by atoms with Crippen LogP contribution < -0.4 is 15.8 Å². The SMILES string of the molecule is CN(C)S(=O)(=O)NC(=O)C1CC1C=CCCCCCC(NC(=O)OC(C)(C)C)C(=O)N1CCCC1C(N)=O. The average molecular weight is 558 g/mol. The molecule has 0 aromatic heterocycles. The fourth-order valence-corrected chi connectivity index (χ4v) is 4.90. The molecular formula is C25H43N5O7S. The summed E-state index contributed by atoms with van der Waals surface area (Å²) in [4.78, 5) is 50.9. The number of hydrogen-bond acceptors (Lipinski definition) is 7. The molecule has 0 aromatic rings. The zero-order valence-electron chi connectivity index (χ0n) is 23.1. The van der Waals surface area contributed by atoms with Gasteiger partial charge >= 0.3 is 16.3 Å². The van der Waals surface area contributed by atoms with Crippen molar-refractivity contribution in [1.82, 2.24) is 19.2 Å². The van der Waals surface area contributed by atoms with Crippen LogP contribution in [0, 0.1) is 11.8 Å². The first-order valence-electron chi connectivity index (χ1n) is 13.1. The lowest BCUT2D eigenvalue weighted by Gasteiger charge is -2.28. The van der Waals surface area contributed by atoms with E-state index in [1.54, 1.807) is 20.8 Å². The molecule has 1 heterocycles. The van der Waals surface area contributed by atoms with E-state index in [0.29, 0.717) is 38.6 Å². The van der Waals surface area contributed by atoms with Gasteiger partial charge in [0.05, 0.1) is 0 Å². The molecule has 1 aliphatic carbocycles. The number of amides is 4. The van der Waals surface area contributed by atoms with Gasteiger partial charge < -0.3 is 20.7 Å². The highest BCUT2D eigenvalue weighted by molar-refractivity contribution is 7.87. The standard InChI is InChI=1S/C25H43N5O7S/c1-25(2,3)37-24(34)27-19(23(33)30-15-11-14-20(30)21(26)31)13-10-8-6-7-9-12-17-16-18(17)22(32)28-38(35,36)29(4)5/h9,12,17-20H,6-8,10-11,13-16H2,1-5H3,(H2,26,31)(H,27,34)(H,28,32). The third-order valence-corrected chi connectivity index (χ3v) is 7.91. The van der Waals surface area contributed by atoms with E-state index in [1.807, 2.05) is 12.2 Å². The number of ether oxygens (including phenoxy) is 1. The molecule has 0 spiro atoms. The van der Waals surface area contributed by atoms with Gasteiger partial charge in [-0.2, -0.15) is 12.7 Å². The third kappa shape index (κ3) is 9.90. The molecule has 1 aliphatic heterocycles. The molecule has 0 radical (unpaired) electrons. The van der Waals surface area contributed by atoms with Gasteiger partial charge in [0, 0.05) is 26.6 Å². The number of allylic oxidation sites excluding steroid dienone is 2. The normalized spacial score (nSPS) is 22.4. The monoisotopic (exact) mass is 557 g/mol. The molecule has 1 saturated carbocycles. The van der Waals surface area contributed by atoms with E-state index in [-0.39, 0.29) is 17.7 Å². The maximum atomic E-state index is 13.2. The predicted molar refractivity (Wildman–Crippen MR) is 142 cm³/mol. The fraction of sp³-hybridized carbons (Fsp3) is 0.760. The number of carbonyl (C=O) groups excluding carboxylic acids is 4. The van der Waals surface area contributed by atoms with Crippen LogP contribution in [-0.4, -0.2) is 79.8 Å². The van der Waals surface area contributed by atoms with Crippen LogP contribution in [0.2, 0.25) is 0 Å². The molecule has 0 aromatic carbocycles. The second-order valence-corrected chi connectivity index (χ2v) is 13.0. The number of nitrogens with one attached hydrogen (secondary N) is 2. The second-order valence-electron chi connectivity index (χ2n) is 11.1. The van der Waals surface area contributed by atoms with Crippen LogP contribution in [0.3, 0.4) is 0 Å². The Kier molecular flexibility index (Phi) is 11.1. The van der Waals surface area contributed by atoms with Crippen molar-refractivity contribution in [3.05, 3.63) is 12.2 Å². The van der Waals surface area contributed by atoms with Crippen LogP contribution in [0.15, 0.2) is 12.2 Å². The number of likely N-dealkylation sites (tertiary alicyclic amines) is 1. The highest BCUT2D eigenvalue weighted by Crippen LogP contribution is 2.40. The largest absolute Gasteiger partial charge is 0.444 e. The Labute approximate surface area is 225 Å². The van der Waals surface area contributed by atoms with Crippen LogP contribution in [0.25, 0.3) is 0 Å². The molecule has 13 heteroatoms. The van der Waals surface area contributed by atoms with Gasteiger partial charge in [-0.05, 0) is 65.2 Å². The summed E-state index contributed by atoms with van der Waals surface area (Å²) in [5.41, 5.74) is 4.75. The van der Waals surface area contributed by atoms with Gasteiger partial charge in [0.2, 0.25) is 17.7 Å². The van der Waals surface area contributed by atoms with Gasteiger partial charge in [-0.3, -0.25) is 14.4 Å². The fourth-order valence-electron chi connectivity index (χ4n) is 4.32. The molecule has 2 rings (SSSR count). The number of hydrogen-bond donors (Lipinski definition) is 3. The minimum absolute atomic E-state index is 0.0334. The van der Waals surface area contributed by atoms with Crippen molar-refractivity contribution in [2.75, 3.05) is 20.6 Å². The van der Waals surface area contributed by atoms with E-state index in [9.17, 15) is 27.6 Å². The first-order chi connectivity index (χ1) is 17.6. The van der Waals surface area contributed by atoms with Gasteiger partial charge in [0.25, 0.3) is 0 Å². The summed E-state index contributed by atoms with van der Waals surface area (Å²) < 4.78 is 31.9. The molecule has 4 atom stereocenters. The quantitative estimate of drug-likeness (QED) is 0.227. The summed E-state index contributed by atoms with van der Waals surface area (Å²) in [6, 6.07) is -1.48. The molecular weight excluding hydrogens is 514 g/mol. The summed E-state index contributed by atoms with van der Waals surface area (Å²) >= 11 is 0. The highest BCUT2D eigenvalue weighted by atomic mass is 32.2. The molecule has 12 nitrogen and oxygen atoms in total. The van der Waals surface area contributed by atoms with Crippen LogP contribution in [-0.2, 0) is 29.3 Å². The summed E-state index contributed by atoms with van der Waals surface area (Å²) in [7, 11) is -1.06. The number of nitrogens with zero attached hydrogens (tertiary/aromatic N) is 2. The molecule has 38 heavy (non-hydrogen) atoms. The van der Waals surface area contributed by atoms with E-state index in [0.717, 1.165) is 23.6 Å². The summed E-state index contributed by atoms with van der Waals surface area (Å²) in [5, 5.41) is 2.67. The number of unbranched alkanes of at least 4 members (excludes halogenated alkanes) is 3. The summed E-state index contributed by atoms with van der Waals surface area (Å²) in [5.74, 6) is -1.66. The Morgan fingerprint density at radius 1 is 1.16 bits per heavy atom. The van der Waals surface area contributed by atoms with Gasteiger partial charge in [0.15, 0.2) is 0 Å². The second kappa shape index (κ2) is 13.4. The van der Waals surface area contributed by atoms with Crippen molar-refractivity contribution in [3.8, 4) is 0 Å². The predicted octanol–water partition coefficient (Wildman–Crippen LogP) is 1.42. The number of alkyl carbamates (subject to hydrolysis) is 1. The van der Waals surface area contributed by atoms with Crippen molar-refractivity contribution in [3.63, 3.8) is 0 Å². The Morgan fingerprint density at radius 3 is 2.45 bits per heavy atom. The van der Waals surface area contributed by atoms with Crippen LogP contribution >= 0.6 is 0 Å². The van der Waals surface area contributed by atoms with E-state index in [2.05, 4.69) is 10.0 Å². The Morgan fingerprint density at radius 2 is 1.84 bits per heavy atom. The maximum absolute atomic E-state index is 13.2. The van der Waals surface area contributed by atoms with Gasteiger partial charge in [-0.25, -0.2) is 9.52 Å². The number of nitrogens with two attached hydrogens (primary N) is 1. The van der Waals surface area contributed by atoms with Crippen LogP contribution in [0.4, 0.5) is 4.79 Å². The number of primary amides is 1. The summed E-state index contributed by atoms with van der Waals surface area (Å²) in [6.45, 7) is 5.64. The topological polar surface area (TPSA) is 168 Å². The lowest BCUT2D eigenvalue weighted by molar-refractivity contribution is -0.139. The van der Waals surface area contributed by atoms with Gasteiger partial charge in [-0.1, -0.05) is 25.0 Å².